The number of aryl methyl sites for hydroxylation is 1. The van der Waals surface area contributed by atoms with Gasteiger partial charge in [-0.25, -0.2) is 4.98 Å². The third-order valence-corrected chi connectivity index (χ3v) is 3.57. The first-order valence-corrected chi connectivity index (χ1v) is 7.09. The number of amides is 1. The maximum atomic E-state index is 11.8. The van der Waals surface area contributed by atoms with Gasteiger partial charge < -0.3 is 4.74 Å². The summed E-state index contributed by atoms with van der Waals surface area (Å²) in [6.45, 7) is 1.87. The summed E-state index contributed by atoms with van der Waals surface area (Å²) in [5.74, 6) is 0.407. The molecule has 0 aliphatic carbocycles. The smallest absolute Gasteiger partial charge is 0.250 e. The number of anilines is 1. The third-order valence-electron chi connectivity index (χ3n) is 2.46. The van der Waals surface area contributed by atoms with Crippen LogP contribution in [0, 0.1) is 6.92 Å². The zero-order chi connectivity index (χ0) is 14.5. The summed E-state index contributed by atoms with van der Waals surface area (Å²) in [5, 5.41) is 5.73. The number of halogens is 1. The van der Waals surface area contributed by atoms with Crippen LogP contribution >= 0.6 is 22.9 Å². The van der Waals surface area contributed by atoms with E-state index in [1.165, 1.54) is 17.4 Å². The van der Waals surface area contributed by atoms with E-state index in [4.69, 9.17) is 16.3 Å². The number of aromatic nitrogens is 1. The zero-order valence-electron chi connectivity index (χ0n) is 11.0. The Bertz CT molecular complexity index is 652. The van der Waals surface area contributed by atoms with E-state index in [1.807, 2.05) is 12.3 Å². The Morgan fingerprint density at radius 3 is 2.95 bits per heavy atom. The number of carbonyl (C=O) groups excluding carboxylic acids is 1. The molecule has 1 aromatic carbocycles. The SMILES string of the molecule is COc1ccc(Cl)cc1C=CC(=O)Nc1nc(C)cs1. The molecule has 1 N–H and O–H groups in total. The number of hydrogen-bond acceptors (Lipinski definition) is 4. The predicted molar refractivity (Wildman–Crippen MR) is 82.5 cm³/mol. The molecule has 104 valence electrons. The van der Waals surface area contributed by atoms with E-state index < -0.39 is 0 Å². The van der Waals surface area contributed by atoms with E-state index in [-0.39, 0.29) is 5.91 Å². The van der Waals surface area contributed by atoms with E-state index in [9.17, 15) is 4.79 Å². The highest BCUT2D eigenvalue weighted by molar-refractivity contribution is 7.13. The topological polar surface area (TPSA) is 51.2 Å². The second-order valence-corrected chi connectivity index (χ2v) is 5.30. The largest absolute Gasteiger partial charge is 0.496 e. The molecule has 6 heteroatoms. The maximum Gasteiger partial charge on any atom is 0.250 e. The molecule has 2 aromatic rings. The van der Waals surface area contributed by atoms with Crippen molar-refractivity contribution >= 4 is 40.1 Å². The fourth-order valence-electron chi connectivity index (χ4n) is 1.56. The molecule has 0 saturated heterocycles. The molecule has 0 saturated carbocycles. The van der Waals surface area contributed by atoms with Gasteiger partial charge in [0.1, 0.15) is 5.75 Å². The van der Waals surface area contributed by atoms with Crippen molar-refractivity contribution in [2.75, 3.05) is 12.4 Å². The highest BCUT2D eigenvalue weighted by atomic mass is 35.5. The van der Waals surface area contributed by atoms with Crippen molar-refractivity contribution in [3.05, 3.63) is 45.9 Å². The summed E-state index contributed by atoms with van der Waals surface area (Å²) in [5.41, 5.74) is 1.62. The van der Waals surface area contributed by atoms with E-state index >= 15 is 0 Å². The third kappa shape index (κ3) is 3.82. The molecular weight excluding hydrogens is 296 g/mol. The van der Waals surface area contributed by atoms with Crippen LogP contribution in [0.3, 0.4) is 0 Å². The number of methoxy groups -OCH3 is 1. The minimum atomic E-state index is -0.249. The second-order valence-electron chi connectivity index (χ2n) is 4.00. The molecule has 2 rings (SSSR count). The minimum Gasteiger partial charge on any atom is -0.496 e. The summed E-state index contributed by atoms with van der Waals surface area (Å²) in [7, 11) is 1.57. The van der Waals surface area contributed by atoms with Gasteiger partial charge in [0.2, 0.25) is 5.91 Å². The highest BCUT2D eigenvalue weighted by Crippen LogP contribution is 2.23. The van der Waals surface area contributed by atoms with Crippen LogP contribution in [0.2, 0.25) is 5.02 Å². The number of benzene rings is 1. The van der Waals surface area contributed by atoms with E-state index in [2.05, 4.69) is 10.3 Å². The summed E-state index contributed by atoms with van der Waals surface area (Å²) < 4.78 is 5.20. The second kappa shape index (κ2) is 6.54. The lowest BCUT2D eigenvalue weighted by molar-refractivity contribution is -0.111. The fraction of sp³-hybridized carbons (Fsp3) is 0.143. The van der Waals surface area contributed by atoms with Gasteiger partial charge in [0.15, 0.2) is 5.13 Å². The lowest BCUT2D eigenvalue weighted by atomic mass is 10.2. The van der Waals surface area contributed by atoms with Crippen LogP contribution in [-0.4, -0.2) is 18.0 Å². The Balaban J connectivity index is 2.09. The van der Waals surface area contributed by atoms with Gasteiger partial charge in [-0.1, -0.05) is 11.6 Å². The van der Waals surface area contributed by atoms with Crippen molar-refractivity contribution in [2.45, 2.75) is 6.92 Å². The zero-order valence-corrected chi connectivity index (χ0v) is 12.6. The Morgan fingerprint density at radius 1 is 1.50 bits per heavy atom. The van der Waals surface area contributed by atoms with Crippen molar-refractivity contribution in [2.24, 2.45) is 0 Å². The van der Waals surface area contributed by atoms with Gasteiger partial charge in [-0.05, 0) is 31.2 Å². The van der Waals surface area contributed by atoms with Gasteiger partial charge in [0.05, 0.1) is 12.8 Å². The van der Waals surface area contributed by atoms with Crippen molar-refractivity contribution in [1.82, 2.24) is 4.98 Å². The normalized spacial score (nSPS) is 10.8. The molecule has 0 radical (unpaired) electrons. The average Bonchev–Trinajstić information content (AvgIpc) is 2.82. The molecule has 0 bridgehead atoms. The number of thiazole rings is 1. The molecule has 0 fully saturated rings. The predicted octanol–water partition coefficient (Wildman–Crippen LogP) is 3.77. The van der Waals surface area contributed by atoms with Crippen LogP contribution in [0.25, 0.3) is 6.08 Å². The molecule has 4 nitrogen and oxygen atoms in total. The maximum absolute atomic E-state index is 11.8. The molecule has 0 spiro atoms. The molecule has 1 heterocycles. The Hall–Kier alpha value is -1.85. The van der Waals surface area contributed by atoms with E-state index in [1.54, 1.807) is 31.4 Å². The molecule has 1 aromatic heterocycles. The molecule has 0 aliphatic rings. The van der Waals surface area contributed by atoms with Crippen LogP contribution in [-0.2, 0) is 4.79 Å². The first-order valence-electron chi connectivity index (χ1n) is 5.83. The summed E-state index contributed by atoms with van der Waals surface area (Å²) in [4.78, 5) is 15.9. The molecule has 1 amide bonds. The van der Waals surface area contributed by atoms with Gasteiger partial charge >= 0.3 is 0 Å². The molecule has 20 heavy (non-hydrogen) atoms. The van der Waals surface area contributed by atoms with Crippen LogP contribution in [0.5, 0.6) is 5.75 Å². The Labute approximate surface area is 126 Å². The van der Waals surface area contributed by atoms with Crippen LogP contribution in [0.4, 0.5) is 5.13 Å². The standard InChI is InChI=1S/C14H13ClN2O2S/c1-9-8-20-14(16-9)17-13(18)6-3-10-7-11(15)4-5-12(10)19-2/h3-8H,1-2H3,(H,16,17,18). The van der Waals surface area contributed by atoms with Gasteiger partial charge in [-0.3, -0.25) is 10.1 Å². The van der Waals surface area contributed by atoms with Gasteiger partial charge in [0, 0.05) is 22.0 Å². The molecule has 0 atom stereocenters. The first-order chi connectivity index (χ1) is 9.58. The van der Waals surface area contributed by atoms with Crippen molar-refractivity contribution in [3.8, 4) is 5.75 Å². The molecular formula is C14H13ClN2O2S. The number of carbonyl (C=O) groups is 1. The summed E-state index contributed by atoms with van der Waals surface area (Å²) >= 11 is 7.31. The number of nitrogens with zero attached hydrogens (tertiary/aromatic N) is 1. The van der Waals surface area contributed by atoms with Crippen LogP contribution < -0.4 is 10.1 Å². The van der Waals surface area contributed by atoms with E-state index in [0.717, 1.165) is 11.3 Å². The fourth-order valence-corrected chi connectivity index (χ4v) is 2.43. The number of nitrogens with one attached hydrogen (secondary N) is 1. The van der Waals surface area contributed by atoms with Crippen LogP contribution in [0.1, 0.15) is 11.3 Å². The molecule has 0 aliphatic heterocycles. The number of rotatable bonds is 4. The van der Waals surface area contributed by atoms with Crippen molar-refractivity contribution in [3.63, 3.8) is 0 Å². The lowest BCUT2D eigenvalue weighted by Gasteiger charge is -2.04. The van der Waals surface area contributed by atoms with Gasteiger partial charge in [-0.15, -0.1) is 11.3 Å². The Morgan fingerprint density at radius 2 is 2.30 bits per heavy atom. The monoisotopic (exact) mass is 308 g/mol. The summed E-state index contributed by atoms with van der Waals surface area (Å²) in [6.07, 6.45) is 3.07. The van der Waals surface area contributed by atoms with Gasteiger partial charge in [-0.2, -0.15) is 0 Å². The van der Waals surface area contributed by atoms with E-state index in [0.29, 0.717) is 15.9 Å². The van der Waals surface area contributed by atoms with Gasteiger partial charge in [0.25, 0.3) is 0 Å². The Kier molecular flexibility index (Phi) is 4.76. The van der Waals surface area contributed by atoms with Crippen molar-refractivity contribution in [1.29, 1.82) is 0 Å². The minimum absolute atomic E-state index is 0.249. The number of hydrogen-bond donors (Lipinski definition) is 1. The quantitative estimate of drug-likeness (QED) is 0.875. The summed E-state index contributed by atoms with van der Waals surface area (Å²) in [6, 6.07) is 5.22. The molecule has 0 unspecified atom stereocenters. The average molecular weight is 309 g/mol. The number of ether oxygens (including phenoxy) is 1. The van der Waals surface area contributed by atoms with Crippen LogP contribution in [0.15, 0.2) is 29.7 Å². The first kappa shape index (κ1) is 14.6. The lowest BCUT2D eigenvalue weighted by Crippen LogP contribution is -2.07. The highest BCUT2D eigenvalue weighted by Gasteiger charge is 2.04. The van der Waals surface area contributed by atoms with Crippen molar-refractivity contribution < 1.29 is 9.53 Å².